The number of anilines is 1. The van der Waals surface area contributed by atoms with Gasteiger partial charge in [0.25, 0.3) is 5.56 Å². The Kier molecular flexibility index (Phi) is 4.05. The molecule has 0 radical (unpaired) electrons. The van der Waals surface area contributed by atoms with Gasteiger partial charge < -0.3 is 9.47 Å². The second-order valence-corrected chi connectivity index (χ2v) is 6.58. The Morgan fingerprint density at radius 2 is 2.08 bits per heavy atom. The minimum atomic E-state index is -0.365. The van der Waals surface area contributed by atoms with E-state index in [1.807, 2.05) is 24.5 Å². The molecule has 0 saturated heterocycles. The van der Waals surface area contributed by atoms with Crippen LogP contribution in [0.1, 0.15) is 29.9 Å². The molecule has 0 bridgehead atoms. The van der Waals surface area contributed by atoms with E-state index < -0.39 is 0 Å². The minimum absolute atomic E-state index is 0.181. The summed E-state index contributed by atoms with van der Waals surface area (Å²) in [4.78, 5) is 18.4. The number of aromatic amines is 1. The quantitative estimate of drug-likeness (QED) is 0.784. The number of imidazole rings is 1. The summed E-state index contributed by atoms with van der Waals surface area (Å²) < 4.78 is 2.20. The smallest absolute Gasteiger partial charge is 0.285 e. The number of rotatable bonds is 3. The Bertz CT molecular complexity index is 950. The van der Waals surface area contributed by atoms with E-state index in [-0.39, 0.29) is 16.6 Å². The topological polar surface area (TPSA) is 66.8 Å². The van der Waals surface area contributed by atoms with Crippen molar-refractivity contribution in [3.8, 4) is 0 Å². The molecule has 0 aliphatic carbocycles. The van der Waals surface area contributed by atoms with E-state index in [0.29, 0.717) is 12.2 Å². The highest BCUT2D eigenvalue weighted by molar-refractivity contribution is 6.32. The zero-order valence-electron chi connectivity index (χ0n) is 13.8. The van der Waals surface area contributed by atoms with Gasteiger partial charge in [0, 0.05) is 13.0 Å². The fraction of sp³-hybridized carbons (Fsp3) is 0.278. The predicted octanol–water partition coefficient (Wildman–Crippen LogP) is 2.79. The Labute approximate surface area is 150 Å². The summed E-state index contributed by atoms with van der Waals surface area (Å²) in [6, 6.07) is 10.5. The molecule has 1 aliphatic heterocycles. The summed E-state index contributed by atoms with van der Waals surface area (Å²) in [7, 11) is 0. The minimum Gasteiger partial charge on any atom is -0.363 e. The number of halogens is 1. The molecule has 1 atom stereocenters. The monoisotopic (exact) mass is 355 g/mol. The van der Waals surface area contributed by atoms with Gasteiger partial charge in [-0.15, -0.1) is 0 Å². The van der Waals surface area contributed by atoms with E-state index in [1.54, 1.807) is 6.20 Å². The van der Waals surface area contributed by atoms with Crippen LogP contribution >= 0.6 is 11.6 Å². The van der Waals surface area contributed by atoms with Crippen LogP contribution in [-0.2, 0) is 13.0 Å². The molecule has 2 aromatic heterocycles. The van der Waals surface area contributed by atoms with Crippen molar-refractivity contribution in [3.63, 3.8) is 0 Å². The molecular formula is C18H18ClN5O. The maximum atomic E-state index is 11.7. The molecule has 1 aromatic carbocycles. The van der Waals surface area contributed by atoms with Gasteiger partial charge in [0.1, 0.15) is 5.02 Å². The van der Waals surface area contributed by atoms with Crippen LogP contribution in [0.5, 0.6) is 0 Å². The highest BCUT2D eigenvalue weighted by Crippen LogP contribution is 2.29. The average molecular weight is 356 g/mol. The lowest BCUT2D eigenvalue weighted by Crippen LogP contribution is -2.33. The summed E-state index contributed by atoms with van der Waals surface area (Å²) in [5, 5.41) is 6.43. The van der Waals surface area contributed by atoms with Crippen molar-refractivity contribution in [2.24, 2.45) is 0 Å². The summed E-state index contributed by atoms with van der Waals surface area (Å²) in [6.45, 7) is 3.57. The molecule has 128 valence electrons. The number of hydrogen-bond acceptors (Lipinski definition) is 4. The van der Waals surface area contributed by atoms with Crippen LogP contribution in [0.4, 0.5) is 5.69 Å². The SMILES string of the molecule is CC(c1ccccc1)n1cnc2c1CN(c1cn[nH]c(=O)c1Cl)CC2. The lowest BCUT2D eigenvalue weighted by Gasteiger charge is -2.30. The summed E-state index contributed by atoms with van der Waals surface area (Å²) in [5.74, 6) is 0. The molecule has 7 heteroatoms. The van der Waals surface area contributed by atoms with E-state index in [9.17, 15) is 4.79 Å². The van der Waals surface area contributed by atoms with Gasteiger partial charge >= 0.3 is 0 Å². The van der Waals surface area contributed by atoms with Crippen molar-refractivity contribution < 1.29 is 0 Å². The first kappa shape index (κ1) is 15.9. The van der Waals surface area contributed by atoms with Gasteiger partial charge in [0.15, 0.2) is 0 Å². The van der Waals surface area contributed by atoms with Gasteiger partial charge in [0.2, 0.25) is 0 Å². The first-order chi connectivity index (χ1) is 12.1. The first-order valence-corrected chi connectivity index (χ1v) is 8.60. The Morgan fingerprint density at radius 3 is 2.88 bits per heavy atom. The van der Waals surface area contributed by atoms with Gasteiger partial charge in [0.05, 0.1) is 42.2 Å². The molecule has 0 fully saturated rings. The highest BCUT2D eigenvalue weighted by Gasteiger charge is 2.25. The fourth-order valence-corrected chi connectivity index (χ4v) is 3.54. The third-order valence-electron chi connectivity index (χ3n) is 4.76. The van der Waals surface area contributed by atoms with Crippen LogP contribution in [0, 0.1) is 0 Å². The van der Waals surface area contributed by atoms with Gasteiger partial charge in [-0.25, -0.2) is 10.1 Å². The molecule has 3 heterocycles. The Balaban J connectivity index is 1.68. The molecule has 1 aliphatic rings. The van der Waals surface area contributed by atoms with Gasteiger partial charge in [-0.1, -0.05) is 41.9 Å². The van der Waals surface area contributed by atoms with E-state index in [0.717, 1.165) is 24.4 Å². The zero-order chi connectivity index (χ0) is 17.4. The van der Waals surface area contributed by atoms with Gasteiger partial charge in [-0.05, 0) is 12.5 Å². The van der Waals surface area contributed by atoms with Crippen molar-refractivity contribution in [2.45, 2.75) is 25.9 Å². The molecular weight excluding hydrogens is 338 g/mol. The molecule has 1 unspecified atom stereocenters. The van der Waals surface area contributed by atoms with Crippen molar-refractivity contribution in [2.75, 3.05) is 11.4 Å². The molecule has 25 heavy (non-hydrogen) atoms. The zero-order valence-corrected chi connectivity index (χ0v) is 14.6. The summed E-state index contributed by atoms with van der Waals surface area (Å²) in [6.07, 6.45) is 4.33. The first-order valence-electron chi connectivity index (χ1n) is 8.23. The highest BCUT2D eigenvalue weighted by atomic mass is 35.5. The molecule has 0 saturated carbocycles. The molecule has 0 spiro atoms. The number of hydrogen-bond donors (Lipinski definition) is 1. The van der Waals surface area contributed by atoms with Crippen molar-refractivity contribution >= 4 is 17.3 Å². The third kappa shape index (κ3) is 2.82. The molecule has 4 rings (SSSR count). The normalized spacial score (nSPS) is 15.0. The fourth-order valence-electron chi connectivity index (χ4n) is 3.33. The number of nitrogens with zero attached hydrogens (tertiary/aromatic N) is 4. The second-order valence-electron chi connectivity index (χ2n) is 6.20. The number of aromatic nitrogens is 4. The van der Waals surface area contributed by atoms with Crippen LogP contribution in [-0.4, -0.2) is 26.3 Å². The van der Waals surface area contributed by atoms with Crippen LogP contribution < -0.4 is 10.5 Å². The number of H-pyrrole nitrogens is 1. The number of nitrogens with one attached hydrogen (secondary N) is 1. The van der Waals surface area contributed by atoms with E-state index >= 15 is 0 Å². The van der Waals surface area contributed by atoms with Crippen LogP contribution in [0.25, 0.3) is 0 Å². The van der Waals surface area contributed by atoms with Crippen LogP contribution in [0.3, 0.4) is 0 Å². The Hall–Kier alpha value is -2.60. The lowest BCUT2D eigenvalue weighted by atomic mass is 10.1. The van der Waals surface area contributed by atoms with Crippen LogP contribution in [0.15, 0.2) is 47.7 Å². The van der Waals surface area contributed by atoms with E-state index in [2.05, 4.69) is 43.7 Å². The van der Waals surface area contributed by atoms with Crippen molar-refractivity contribution in [3.05, 3.63) is 75.2 Å². The second kappa shape index (κ2) is 6.37. The lowest BCUT2D eigenvalue weighted by molar-refractivity contribution is 0.583. The van der Waals surface area contributed by atoms with Crippen molar-refractivity contribution in [1.29, 1.82) is 0 Å². The van der Waals surface area contributed by atoms with Gasteiger partial charge in [-0.3, -0.25) is 4.79 Å². The van der Waals surface area contributed by atoms with E-state index in [1.165, 1.54) is 5.56 Å². The van der Waals surface area contributed by atoms with Gasteiger partial charge in [-0.2, -0.15) is 5.10 Å². The molecule has 0 amide bonds. The number of benzene rings is 1. The third-order valence-corrected chi connectivity index (χ3v) is 5.12. The van der Waals surface area contributed by atoms with Crippen molar-refractivity contribution in [1.82, 2.24) is 19.7 Å². The molecule has 1 N–H and O–H groups in total. The largest absolute Gasteiger partial charge is 0.363 e. The van der Waals surface area contributed by atoms with E-state index in [4.69, 9.17) is 11.6 Å². The molecule has 3 aromatic rings. The molecule has 6 nitrogen and oxygen atoms in total. The maximum Gasteiger partial charge on any atom is 0.285 e. The number of fused-ring (bicyclic) bond motifs is 1. The predicted molar refractivity (Wildman–Crippen MR) is 97.1 cm³/mol. The summed E-state index contributed by atoms with van der Waals surface area (Å²) >= 11 is 6.18. The summed E-state index contributed by atoms with van der Waals surface area (Å²) in [5.41, 5.74) is 3.79. The standard InChI is InChI=1S/C18H18ClN5O/c1-12(13-5-3-2-4-6-13)24-11-20-14-7-8-23(10-16(14)24)15-9-21-22-18(25)17(15)19/h2-6,9,11-12H,7-8,10H2,1H3,(H,22,25). The Morgan fingerprint density at radius 1 is 1.28 bits per heavy atom. The maximum absolute atomic E-state index is 11.7. The van der Waals surface area contributed by atoms with Crippen LogP contribution in [0.2, 0.25) is 5.02 Å². The average Bonchev–Trinajstić information content (AvgIpc) is 3.07.